The van der Waals surface area contributed by atoms with E-state index in [4.69, 9.17) is 4.74 Å². The van der Waals surface area contributed by atoms with E-state index in [0.29, 0.717) is 21.1 Å². The van der Waals surface area contributed by atoms with Crippen molar-refractivity contribution < 1.29 is 14.3 Å². The van der Waals surface area contributed by atoms with E-state index in [9.17, 15) is 9.59 Å². The first kappa shape index (κ1) is 15.2. The Kier molecular flexibility index (Phi) is 4.07. The Morgan fingerprint density at radius 3 is 2.87 bits per heavy atom. The number of aromatic nitrogens is 3. The summed E-state index contributed by atoms with van der Waals surface area (Å²) in [5.74, 6) is -0.744. The minimum absolute atomic E-state index is 0.136. The number of esters is 1. The first-order valence-corrected chi connectivity index (χ1v) is 7.66. The Bertz CT molecular complexity index is 870. The molecule has 23 heavy (non-hydrogen) atoms. The number of methoxy groups -OCH3 is 1. The SMILES string of the molecule is COC(=O)c1sc2nccc(C)c2c1NC(=O)Cc1ccn[nH]1. The van der Waals surface area contributed by atoms with Gasteiger partial charge in [-0.2, -0.15) is 5.10 Å². The number of rotatable bonds is 4. The third kappa shape index (κ3) is 2.93. The summed E-state index contributed by atoms with van der Waals surface area (Å²) in [4.78, 5) is 29.6. The molecule has 0 radical (unpaired) electrons. The number of pyridine rings is 1. The van der Waals surface area contributed by atoms with Crippen LogP contribution in [-0.2, 0) is 16.0 Å². The quantitative estimate of drug-likeness (QED) is 0.715. The Morgan fingerprint density at radius 1 is 1.35 bits per heavy atom. The number of thiophene rings is 1. The molecule has 3 aromatic heterocycles. The molecule has 0 saturated carbocycles. The molecule has 8 heteroatoms. The molecular formula is C15H14N4O3S. The fourth-order valence-corrected chi connectivity index (χ4v) is 3.37. The maximum Gasteiger partial charge on any atom is 0.350 e. The molecule has 0 saturated heterocycles. The Balaban J connectivity index is 2.00. The van der Waals surface area contributed by atoms with Gasteiger partial charge in [-0.25, -0.2) is 9.78 Å². The van der Waals surface area contributed by atoms with Crippen LogP contribution in [0.5, 0.6) is 0 Å². The number of hydrogen-bond donors (Lipinski definition) is 2. The minimum atomic E-state index is -0.496. The van der Waals surface area contributed by atoms with E-state index in [1.807, 2.05) is 13.0 Å². The highest BCUT2D eigenvalue weighted by atomic mass is 32.1. The van der Waals surface area contributed by atoms with Gasteiger partial charge < -0.3 is 10.1 Å². The van der Waals surface area contributed by atoms with Gasteiger partial charge in [0.05, 0.1) is 19.2 Å². The first-order valence-electron chi connectivity index (χ1n) is 6.84. The van der Waals surface area contributed by atoms with Crippen molar-refractivity contribution in [3.63, 3.8) is 0 Å². The van der Waals surface area contributed by atoms with Crippen molar-refractivity contribution in [2.75, 3.05) is 12.4 Å². The summed E-state index contributed by atoms with van der Waals surface area (Å²) in [6.07, 6.45) is 3.39. The molecule has 3 rings (SSSR count). The fourth-order valence-electron chi connectivity index (χ4n) is 2.27. The largest absolute Gasteiger partial charge is 0.465 e. The summed E-state index contributed by atoms with van der Waals surface area (Å²) in [6, 6.07) is 3.56. The van der Waals surface area contributed by atoms with Crippen LogP contribution in [0.3, 0.4) is 0 Å². The van der Waals surface area contributed by atoms with Crippen LogP contribution in [0.4, 0.5) is 5.69 Å². The van der Waals surface area contributed by atoms with Gasteiger partial charge in [0.1, 0.15) is 9.71 Å². The molecule has 3 aromatic rings. The van der Waals surface area contributed by atoms with Gasteiger partial charge in [0, 0.05) is 23.5 Å². The molecule has 0 atom stereocenters. The van der Waals surface area contributed by atoms with Crippen molar-refractivity contribution in [1.29, 1.82) is 0 Å². The molecule has 0 fully saturated rings. The number of fused-ring (bicyclic) bond motifs is 1. The molecule has 7 nitrogen and oxygen atoms in total. The van der Waals surface area contributed by atoms with Crippen molar-refractivity contribution in [3.05, 3.63) is 40.7 Å². The predicted octanol–water partition coefficient (Wildman–Crippen LogP) is 2.30. The zero-order valence-electron chi connectivity index (χ0n) is 12.5. The van der Waals surface area contributed by atoms with Gasteiger partial charge in [-0.05, 0) is 24.6 Å². The highest BCUT2D eigenvalue weighted by Gasteiger charge is 2.22. The van der Waals surface area contributed by atoms with Crippen LogP contribution in [0, 0.1) is 6.92 Å². The number of hydrogen-bond acceptors (Lipinski definition) is 6. The number of carbonyl (C=O) groups excluding carboxylic acids is 2. The molecule has 2 N–H and O–H groups in total. The average Bonchev–Trinajstić information content (AvgIpc) is 3.15. The van der Waals surface area contributed by atoms with E-state index < -0.39 is 5.97 Å². The van der Waals surface area contributed by atoms with Crippen molar-refractivity contribution in [2.45, 2.75) is 13.3 Å². The number of H-pyrrole nitrogens is 1. The molecule has 0 bridgehead atoms. The van der Waals surface area contributed by atoms with Gasteiger partial charge in [0.2, 0.25) is 5.91 Å². The highest BCUT2D eigenvalue weighted by molar-refractivity contribution is 7.21. The van der Waals surface area contributed by atoms with Gasteiger partial charge in [-0.1, -0.05) is 0 Å². The van der Waals surface area contributed by atoms with Crippen LogP contribution in [0.15, 0.2) is 24.5 Å². The summed E-state index contributed by atoms with van der Waals surface area (Å²) in [7, 11) is 1.31. The molecule has 0 aliphatic heterocycles. The molecule has 0 aliphatic carbocycles. The molecule has 0 aromatic carbocycles. The smallest absolute Gasteiger partial charge is 0.350 e. The van der Waals surface area contributed by atoms with Gasteiger partial charge in [0.15, 0.2) is 0 Å². The van der Waals surface area contributed by atoms with E-state index in [1.54, 1.807) is 18.5 Å². The summed E-state index contributed by atoms with van der Waals surface area (Å²) in [6.45, 7) is 1.91. The van der Waals surface area contributed by atoms with E-state index in [1.165, 1.54) is 18.4 Å². The second-order valence-electron chi connectivity index (χ2n) is 4.91. The number of carbonyl (C=O) groups is 2. The van der Waals surface area contributed by atoms with E-state index in [-0.39, 0.29) is 12.3 Å². The Hall–Kier alpha value is -2.74. The zero-order chi connectivity index (χ0) is 16.4. The number of nitrogens with one attached hydrogen (secondary N) is 2. The summed E-state index contributed by atoms with van der Waals surface area (Å²) in [5, 5.41) is 10.1. The van der Waals surface area contributed by atoms with Crippen LogP contribution in [0.1, 0.15) is 20.9 Å². The second-order valence-corrected chi connectivity index (χ2v) is 5.91. The number of amides is 1. The monoisotopic (exact) mass is 330 g/mol. The minimum Gasteiger partial charge on any atom is -0.465 e. The lowest BCUT2D eigenvalue weighted by Gasteiger charge is -2.07. The molecule has 118 valence electrons. The fraction of sp³-hybridized carbons (Fsp3) is 0.200. The van der Waals surface area contributed by atoms with Crippen LogP contribution in [0.2, 0.25) is 0 Å². The average molecular weight is 330 g/mol. The number of nitrogens with zero attached hydrogens (tertiary/aromatic N) is 2. The summed E-state index contributed by atoms with van der Waals surface area (Å²) in [5.41, 5.74) is 2.07. The van der Waals surface area contributed by atoms with E-state index in [0.717, 1.165) is 10.9 Å². The van der Waals surface area contributed by atoms with Crippen molar-refractivity contribution >= 4 is 39.1 Å². The lowest BCUT2D eigenvalue weighted by atomic mass is 10.1. The van der Waals surface area contributed by atoms with Crippen molar-refractivity contribution in [2.24, 2.45) is 0 Å². The lowest BCUT2D eigenvalue weighted by Crippen LogP contribution is -2.16. The number of anilines is 1. The van der Waals surface area contributed by atoms with E-state index >= 15 is 0 Å². The normalized spacial score (nSPS) is 10.7. The van der Waals surface area contributed by atoms with Crippen LogP contribution in [-0.4, -0.2) is 34.2 Å². The van der Waals surface area contributed by atoms with Crippen molar-refractivity contribution in [3.8, 4) is 0 Å². The van der Waals surface area contributed by atoms with Gasteiger partial charge in [-0.15, -0.1) is 11.3 Å². The van der Waals surface area contributed by atoms with E-state index in [2.05, 4.69) is 20.5 Å². The standard InChI is InChI=1S/C15H14N4O3S/c1-8-3-5-16-14-11(8)12(13(23-14)15(21)22-2)18-10(20)7-9-4-6-17-19-9/h3-6H,7H2,1-2H3,(H,17,19)(H,18,20). The Morgan fingerprint density at radius 2 is 2.17 bits per heavy atom. The summed E-state index contributed by atoms with van der Waals surface area (Å²) >= 11 is 1.20. The second kappa shape index (κ2) is 6.17. The highest BCUT2D eigenvalue weighted by Crippen LogP contribution is 2.37. The lowest BCUT2D eigenvalue weighted by molar-refractivity contribution is -0.115. The number of ether oxygens (including phenoxy) is 1. The molecule has 0 unspecified atom stereocenters. The summed E-state index contributed by atoms with van der Waals surface area (Å²) < 4.78 is 4.81. The zero-order valence-corrected chi connectivity index (χ0v) is 13.4. The molecule has 3 heterocycles. The topological polar surface area (TPSA) is 97.0 Å². The molecule has 0 spiro atoms. The van der Waals surface area contributed by atoms with Crippen molar-refractivity contribution in [1.82, 2.24) is 15.2 Å². The predicted molar refractivity (Wildman–Crippen MR) is 86.6 cm³/mol. The van der Waals surface area contributed by atoms with Gasteiger partial charge in [0.25, 0.3) is 0 Å². The first-order chi connectivity index (χ1) is 11.1. The third-order valence-electron chi connectivity index (χ3n) is 3.34. The van der Waals surface area contributed by atoms with Gasteiger partial charge >= 0.3 is 5.97 Å². The van der Waals surface area contributed by atoms with Gasteiger partial charge in [-0.3, -0.25) is 9.89 Å². The molecule has 0 aliphatic rings. The molecule has 1 amide bonds. The maximum atomic E-state index is 12.3. The Labute approximate surface area is 135 Å². The third-order valence-corrected chi connectivity index (χ3v) is 4.42. The molecular weight excluding hydrogens is 316 g/mol. The van der Waals surface area contributed by atoms with Crippen LogP contribution in [0.25, 0.3) is 10.2 Å². The van der Waals surface area contributed by atoms with Crippen LogP contribution >= 0.6 is 11.3 Å². The van der Waals surface area contributed by atoms with Crippen LogP contribution < -0.4 is 5.32 Å². The maximum absolute atomic E-state index is 12.3. The number of aromatic amines is 1. The number of aryl methyl sites for hydroxylation is 1.